The number of hydrogen-bond donors (Lipinski definition) is 0. The maximum absolute atomic E-state index is 12.2. The number of fused-ring (bicyclic) bond motifs is 1. The Morgan fingerprint density at radius 3 is 2.71 bits per heavy atom. The van der Waals surface area contributed by atoms with E-state index >= 15 is 0 Å². The van der Waals surface area contributed by atoms with E-state index in [1.54, 1.807) is 17.7 Å². The Kier molecular flexibility index (Phi) is 3.36. The van der Waals surface area contributed by atoms with Crippen molar-refractivity contribution in [1.82, 2.24) is 4.57 Å². The minimum absolute atomic E-state index is 0.119. The average molecular weight is 282 g/mol. The van der Waals surface area contributed by atoms with E-state index in [0.29, 0.717) is 24.5 Å². The molecule has 0 N–H and O–H groups in total. The highest BCUT2D eigenvalue weighted by atomic mass is 16.6. The van der Waals surface area contributed by atoms with Crippen molar-refractivity contribution in [3.63, 3.8) is 0 Å². The van der Waals surface area contributed by atoms with Gasteiger partial charge in [-0.2, -0.15) is 5.26 Å². The van der Waals surface area contributed by atoms with Gasteiger partial charge in [0.1, 0.15) is 13.2 Å². The molecule has 0 aliphatic carbocycles. The van der Waals surface area contributed by atoms with Gasteiger partial charge in [0.15, 0.2) is 11.5 Å². The van der Waals surface area contributed by atoms with Crippen molar-refractivity contribution in [3.8, 4) is 28.8 Å². The third-order valence-electron chi connectivity index (χ3n) is 3.49. The van der Waals surface area contributed by atoms with Crippen LogP contribution in [-0.4, -0.2) is 17.8 Å². The highest BCUT2D eigenvalue weighted by molar-refractivity contribution is 5.64. The standard InChI is InChI=1S/C16H14N2O3/c1-18-13(4-2-11(6-7-17)16(18)19)12-3-5-14-15(10-12)21-9-8-20-14/h2-5,10H,6,8-9H2,1H3. The first-order valence-electron chi connectivity index (χ1n) is 6.66. The number of aromatic nitrogens is 1. The molecule has 0 amide bonds. The van der Waals surface area contributed by atoms with Crippen LogP contribution in [0, 0.1) is 11.3 Å². The predicted octanol–water partition coefficient (Wildman–Crippen LogP) is 1.89. The molecule has 21 heavy (non-hydrogen) atoms. The molecule has 0 fully saturated rings. The van der Waals surface area contributed by atoms with Crippen molar-refractivity contribution in [2.45, 2.75) is 6.42 Å². The molecular formula is C16H14N2O3. The predicted molar refractivity (Wildman–Crippen MR) is 77.4 cm³/mol. The van der Waals surface area contributed by atoms with Crippen molar-refractivity contribution < 1.29 is 9.47 Å². The van der Waals surface area contributed by atoms with Gasteiger partial charge in [0.25, 0.3) is 5.56 Å². The van der Waals surface area contributed by atoms with Gasteiger partial charge in [0, 0.05) is 18.2 Å². The molecule has 1 aliphatic rings. The highest BCUT2D eigenvalue weighted by Gasteiger charge is 2.14. The van der Waals surface area contributed by atoms with Gasteiger partial charge in [0.05, 0.1) is 18.2 Å². The van der Waals surface area contributed by atoms with Crippen molar-refractivity contribution in [2.75, 3.05) is 13.2 Å². The molecule has 0 spiro atoms. The van der Waals surface area contributed by atoms with Gasteiger partial charge in [0.2, 0.25) is 0 Å². The van der Waals surface area contributed by atoms with Crippen LogP contribution < -0.4 is 15.0 Å². The molecule has 0 saturated heterocycles. The molecule has 0 radical (unpaired) electrons. The van der Waals surface area contributed by atoms with E-state index in [4.69, 9.17) is 14.7 Å². The van der Waals surface area contributed by atoms with Gasteiger partial charge >= 0.3 is 0 Å². The van der Waals surface area contributed by atoms with E-state index in [1.165, 1.54) is 0 Å². The molecule has 2 aromatic rings. The molecule has 3 rings (SSSR count). The maximum Gasteiger partial charge on any atom is 0.255 e. The quantitative estimate of drug-likeness (QED) is 0.843. The first-order valence-corrected chi connectivity index (χ1v) is 6.66. The molecule has 0 atom stereocenters. The van der Waals surface area contributed by atoms with Crippen LogP contribution in [0.15, 0.2) is 35.1 Å². The summed E-state index contributed by atoms with van der Waals surface area (Å²) in [7, 11) is 1.70. The summed E-state index contributed by atoms with van der Waals surface area (Å²) in [4.78, 5) is 12.2. The minimum Gasteiger partial charge on any atom is -0.486 e. The summed E-state index contributed by atoms with van der Waals surface area (Å²) in [5, 5.41) is 8.73. The molecule has 5 nitrogen and oxygen atoms in total. The smallest absolute Gasteiger partial charge is 0.255 e. The first kappa shape index (κ1) is 13.3. The largest absolute Gasteiger partial charge is 0.486 e. The molecule has 5 heteroatoms. The van der Waals surface area contributed by atoms with Crippen LogP contribution >= 0.6 is 0 Å². The number of rotatable bonds is 2. The number of nitrogens with zero attached hydrogens (tertiary/aromatic N) is 2. The first-order chi connectivity index (χ1) is 10.2. The summed E-state index contributed by atoms with van der Waals surface area (Å²) in [6.07, 6.45) is 0.119. The Bertz CT molecular complexity index is 787. The monoisotopic (exact) mass is 282 g/mol. The van der Waals surface area contributed by atoms with Crippen LogP contribution in [0.25, 0.3) is 11.3 Å². The van der Waals surface area contributed by atoms with Gasteiger partial charge < -0.3 is 14.0 Å². The van der Waals surface area contributed by atoms with E-state index in [2.05, 4.69) is 0 Å². The van der Waals surface area contributed by atoms with Crippen LogP contribution in [0.1, 0.15) is 5.56 Å². The summed E-state index contributed by atoms with van der Waals surface area (Å²) in [5.41, 5.74) is 2.01. The Labute approximate surface area is 122 Å². The van der Waals surface area contributed by atoms with Gasteiger partial charge in [-0.15, -0.1) is 0 Å². The maximum atomic E-state index is 12.2. The Balaban J connectivity index is 2.07. The number of nitriles is 1. The fourth-order valence-corrected chi connectivity index (χ4v) is 2.40. The number of hydrogen-bond acceptors (Lipinski definition) is 4. The van der Waals surface area contributed by atoms with Crippen molar-refractivity contribution in [1.29, 1.82) is 5.26 Å². The lowest BCUT2D eigenvalue weighted by atomic mass is 10.1. The lowest BCUT2D eigenvalue weighted by Crippen LogP contribution is -2.22. The second kappa shape index (κ2) is 5.33. The Hall–Kier alpha value is -2.74. The summed E-state index contributed by atoms with van der Waals surface area (Å²) in [6, 6.07) is 11.2. The van der Waals surface area contributed by atoms with Gasteiger partial charge in [-0.1, -0.05) is 6.07 Å². The fraction of sp³-hybridized carbons (Fsp3) is 0.250. The van der Waals surface area contributed by atoms with Crippen LogP contribution in [0.4, 0.5) is 0 Å². The van der Waals surface area contributed by atoms with E-state index < -0.39 is 0 Å². The zero-order valence-electron chi connectivity index (χ0n) is 11.6. The second-order valence-corrected chi connectivity index (χ2v) is 4.80. The van der Waals surface area contributed by atoms with Crippen molar-refractivity contribution in [2.24, 2.45) is 7.05 Å². The van der Waals surface area contributed by atoms with Crippen molar-refractivity contribution >= 4 is 0 Å². The van der Waals surface area contributed by atoms with E-state index in [9.17, 15) is 4.79 Å². The number of ether oxygens (including phenoxy) is 2. The van der Waals surface area contributed by atoms with Crippen LogP contribution in [-0.2, 0) is 13.5 Å². The normalized spacial score (nSPS) is 12.8. The summed E-state index contributed by atoms with van der Waals surface area (Å²) in [5.74, 6) is 1.41. The van der Waals surface area contributed by atoms with Gasteiger partial charge in [-0.05, 0) is 24.3 Å². The number of benzene rings is 1. The van der Waals surface area contributed by atoms with Crippen LogP contribution in [0.3, 0.4) is 0 Å². The molecule has 1 aliphatic heterocycles. The zero-order valence-corrected chi connectivity index (χ0v) is 11.6. The lowest BCUT2D eigenvalue weighted by Gasteiger charge is -2.19. The van der Waals surface area contributed by atoms with Crippen LogP contribution in [0.5, 0.6) is 11.5 Å². The molecule has 1 aromatic carbocycles. The van der Waals surface area contributed by atoms with Crippen molar-refractivity contribution in [3.05, 3.63) is 46.2 Å². The number of pyridine rings is 1. The average Bonchev–Trinajstić information content (AvgIpc) is 2.52. The Morgan fingerprint density at radius 2 is 1.95 bits per heavy atom. The molecule has 0 unspecified atom stereocenters. The topological polar surface area (TPSA) is 64.2 Å². The van der Waals surface area contributed by atoms with Crippen LogP contribution in [0.2, 0.25) is 0 Å². The zero-order chi connectivity index (χ0) is 14.8. The molecule has 2 heterocycles. The fourth-order valence-electron chi connectivity index (χ4n) is 2.40. The molecule has 1 aromatic heterocycles. The second-order valence-electron chi connectivity index (χ2n) is 4.80. The highest BCUT2D eigenvalue weighted by Crippen LogP contribution is 2.34. The molecule has 106 valence electrons. The van der Waals surface area contributed by atoms with E-state index in [1.807, 2.05) is 30.3 Å². The molecule has 0 saturated carbocycles. The molecule has 0 bridgehead atoms. The van der Waals surface area contributed by atoms with Gasteiger partial charge in [-0.3, -0.25) is 4.79 Å². The van der Waals surface area contributed by atoms with E-state index in [-0.39, 0.29) is 12.0 Å². The summed E-state index contributed by atoms with van der Waals surface area (Å²) >= 11 is 0. The third kappa shape index (κ3) is 2.36. The third-order valence-corrected chi connectivity index (χ3v) is 3.49. The SMILES string of the molecule is Cn1c(-c2ccc3c(c2)OCCO3)ccc(CC#N)c1=O. The lowest BCUT2D eigenvalue weighted by molar-refractivity contribution is 0.171. The minimum atomic E-state index is -0.149. The van der Waals surface area contributed by atoms with Gasteiger partial charge in [-0.25, -0.2) is 0 Å². The summed E-state index contributed by atoms with van der Waals surface area (Å²) in [6.45, 7) is 1.07. The van der Waals surface area contributed by atoms with E-state index in [0.717, 1.165) is 17.0 Å². The summed E-state index contributed by atoms with van der Waals surface area (Å²) < 4.78 is 12.6. The Morgan fingerprint density at radius 1 is 1.19 bits per heavy atom. The molecular weight excluding hydrogens is 268 g/mol.